The molecule has 0 aliphatic carbocycles. The molecule has 1 N–H and O–H groups in total. The summed E-state index contributed by atoms with van der Waals surface area (Å²) >= 11 is 1.61. The zero-order valence-electron chi connectivity index (χ0n) is 9.08. The van der Waals surface area contributed by atoms with Gasteiger partial charge >= 0.3 is 0 Å². The van der Waals surface area contributed by atoms with Crippen LogP contribution in [0.2, 0.25) is 0 Å². The predicted octanol–water partition coefficient (Wildman–Crippen LogP) is 1.60. The maximum absolute atomic E-state index is 4.00. The van der Waals surface area contributed by atoms with Gasteiger partial charge in [-0.05, 0) is 40.4 Å². The highest BCUT2D eigenvalue weighted by atomic mass is 32.1. The summed E-state index contributed by atoms with van der Waals surface area (Å²) in [4.78, 5) is 2.20. The first-order chi connectivity index (χ1) is 6.68. The van der Waals surface area contributed by atoms with E-state index in [4.69, 9.17) is 0 Å². The summed E-state index contributed by atoms with van der Waals surface area (Å²) in [6.07, 6.45) is 2.40. The van der Waals surface area contributed by atoms with Gasteiger partial charge < -0.3 is 10.2 Å². The van der Waals surface area contributed by atoms with Crippen molar-refractivity contribution in [2.45, 2.75) is 19.8 Å². The van der Waals surface area contributed by atoms with Crippen LogP contribution in [0.1, 0.15) is 17.8 Å². The molecule has 0 radical (unpaired) electrons. The Bertz CT molecular complexity index is 259. The third-order valence-electron chi connectivity index (χ3n) is 1.83. The molecule has 1 heterocycles. The van der Waals surface area contributed by atoms with Crippen molar-refractivity contribution in [3.05, 3.63) is 5.01 Å². The first-order valence-corrected chi connectivity index (χ1v) is 5.69. The van der Waals surface area contributed by atoms with Gasteiger partial charge in [0.2, 0.25) is 5.13 Å². The van der Waals surface area contributed by atoms with Crippen LogP contribution >= 0.6 is 11.3 Å². The molecule has 4 nitrogen and oxygen atoms in total. The van der Waals surface area contributed by atoms with E-state index in [-0.39, 0.29) is 0 Å². The molecular formula is C9H18N4S. The minimum atomic E-state index is 0.937. The molecule has 14 heavy (non-hydrogen) atoms. The molecule has 0 unspecified atom stereocenters. The van der Waals surface area contributed by atoms with Crippen LogP contribution in [0.4, 0.5) is 5.13 Å². The lowest BCUT2D eigenvalue weighted by Crippen LogP contribution is -2.14. The predicted molar refractivity (Wildman–Crippen MR) is 60.9 cm³/mol. The zero-order chi connectivity index (χ0) is 10.4. The number of unbranched alkanes of at least 4 members (excludes halogenated alkanes) is 1. The lowest BCUT2D eigenvalue weighted by molar-refractivity contribution is 0.396. The number of anilines is 1. The number of nitrogens with zero attached hydrogens (tertiary/aromatic N) is 3. The molecule has 0 atom stereocenters. The van der Waals surface area contributed by atoms with E-state index in [1.807, 2.05) is 6.92 Å². The van der Waals surface area contributed by atoms with E-state index in [0.29, 0.717) is 0 Å². The number of rotatable bonds is 6. The van der Waals surface area contributed by atoms with E-state index in [0.717, 1.165) is 23.2 Å². The van der Waals surface area contributed by atoms with Gasteiger partial charge in [0.25, 0.3) is 0 Å². The van der Waals surface area contributed by atoms with Crippen molar-refractivity contribution in [1.82, 2.24) is 15.1 Å². The number of hydrogen-bond donors (Lipinski definition) is 1. The molecule has 1 rings (SSSR count). The van der Waals surface area contributed by atoms with Gasteiger partial charge in [-0.25, -0.2) is 0 Å². The summed E-state index contributed by atoms with van der Waals surface area (Å²) in [5.74, 6) is 0. The molecule has 0 aliphatic rings. The Labute approximate surface area is 89.3 Å². The lowest BCUT2D eigenvalue weighted by atomic mass is 10.3. The summed E-state index contributed by atoms with van der Waals surface area (Å²) < 4.78 is 0. The summed E-state index contributed by atoms with van der Waals surface area (Å²) in [7, 11) is 4.20. The topological polar surface area (TPSA) is 41.1 Å². The van der Waals surface area contributed by atoms with Crippen molar-refractivity contribution in [3.63, 3.8) is 0 Å². The van der Waals surface area contributed by atoms with E-state index in [9.17, 15) is 0 Å². The largest absolute Gasteiger partial charge is 0.360 e. The fourth-order valence-corrected chi connectivity index (χ4v) is 1.73. The van der Waals surface area contributed by atoms with Crippen LogP contribution in [0.5, 0.6) is 0 Å². The molecule has 0 saturated carbocycles. The fraction of sp³-hybridized carbons (Fsp3) is 0.778. The molecule has 0 spiro atoms. The van der Waals surface area contributed by atoms with Gasteiger partial charge in [-0.15, -0.1) is 10.2 Å². The van der Waals surface area contributed by atoms with E-state index < -0.39 is 0 Å². The normalized spacial score (nSPS) is 10.9. The fourth-order valence-electron chi connectivity index (χ4n) is 1.12. The Morgan fingerprint density at radius 2 is 2.07 bits per heavy atom. The van der Waals surface area contributed by atoms with E-state index in [1.165, 1.54) is 12.8 Å². The van der Waals surface area contributed by atoms with Crippen molar-refractivity contribution in [2.24, 2.45) is 0 Å². The quantitative estimate of drug-likeness (QED) is 0.730. The lowest BCUT2D eigenvalue weighted by Gasteiger charge is -2.08. The Morgan fingerprint density at radius 1 is 1.29 bits per heavy atom. The Hall–Kier alpha value is -0.680. The minimum absolute atomic E-state index is 0.937. The average molecular weight is 214 g/mol. The monoisotopic (exact) mass is 214 g/mol. The molecule has 80 valence electrons. The van der Waals surface area contributed by atoms with Crippen LogP contribution in [-0.4, -0.2) is 42.3 Å². The van der Waals surface area contributed by atoms with Gasteiger partial charge in [0.15, 0.2) is 0 Å². The van der Waals surface area contributed by atoms with Crippen LogP contribution < -0.4 is 5.32 Å². The number of aryl methyl sites for hydroxylation is 1. The molecule has 0 aliphatic heterocycles. The molecule has 5 heteroatoms. The highest BCUT2D eigenvalue weighted by molar-refractivity contribution is 7.15. The number of nitrogens with one attached hydrogen (secondary N) is 1. The van der Waals surface area contributed by atoms with Crippen molar-refractivity contribution >= 4 is 16.5 Å². The molecule has 0 amide bonds. The molecule has 1 aromatic rings. The average Bonchev–Trinajstić information content (AvgIpc) is 2.50. The van der Waals surface area contributed by atoms with Gasteiger partial charge in [0, 0.05) is 6.54 Å². The maximum atomic E-state index is 4.00. The first-order valence-electron chi connectivity index (χ1n) is 4.87. The van der Waals surface area contributed by atoms with Gasteiger partial charge in [-0.3, -0.25) is 0 Å². The van der Waals surface area contributed by atoms with Crippen molar-refractivity contribution in [3.8, 4) is 0 Å². The molecule has 1 aromatic heterocycles. The standard InChI is InChI=1S/C9H18N4S/c1-8-11-12-9(14-8)10-6-4-5-7-13(2)3/h4-7H2,1-3H3,(H,10,12). The first kappa shape index (κ1) is 11.4. The molecule has 0 fully saturated rings. The van der Waals surface area contributed by atoms with Crippen LogP contribution in [0.15, 0.2) is 0 Å². The second-order valence-electron chi connectivity index (χ2n) is 3.56. The Morgan fingerprint density at radius 3 is 2.64 bits per heavy atom. The molecular weight excluding hydrogens is 196 g/mol. The van der Waals surface area contributed by atoms with Gasteiger partial charge in [0.1, 0.15) is 5.01 Å². The van der Waals surface area contributed by atoms with Crippen LogP contribution in [0.3, 0.4) is 0 Å². The van der Waals surface area contributed by atoms with Crippen molar-refractivity contribution in [2.75, 3.05) is 32.5 Å². The van der Waals surface area contributed by atoms with Crippen LogP contribution in [0, 0.1) is 6.92 Å². The van der Waals surface area contributed by atoms with Gasteiger partial charge in [0.05, 0.1) is 0 Å². The number of hydrogen-bond acceptors (Lipinski definition) is 5. The Balaban J connectivity index is 2.04. The van der Waals surface area contributed by atoms with Crippen LogP contribution in [-0.2, 0) is 0 Å². The molecule has 0 saturated heterocycles. The van der Waals surface area contributed by atoms with Crippen LogP contribution in [0.25, 0.3) is 0 Å². The summed E-state index contributed by atoms with van der Waals surface area (Å²) in [5.41, 5.74) is 0. The SMILES string of the molecule is Cc1nnc(NCCCCN(C)C)s1. The summed E-state index contributed by atoms with van der Waals surface area (Å²) in [6, 6.07) is 0. The van der Waals surface area contributed by atoms with Gasteiger partial charge in [-0.1, -0.05) is 11.3 Å². The Kier molecular flexibility index (Phi) is 4.82. The highest BCUT2D eigenvalue weighted by Crippen LogP contribution is 2.13. The summed E-state index contributed by atoms with van der Waals surface area (Å²) in [5, 5.41) is 13.2. The molecule has 0 bridgehead atoms. The molecule has 0 aromatic carbocycles. The van der Waals surface area contributed by atoms with Crippen molar-refractivity contribution < 1.29 is 0 Å². The van der Waals surface area contributed by atoms with Crippen molar-refractivity contribution in [1.29, 1.82) is 0 Å². The minimum Gasteiger partial charge on any atom is -0.360 e. The van der Waals surface area contributed by atoms with E-state index >= 15 is 0 Å². The number of aromatic nitrogens is 2. The van der Waals surface area contributed by atoms with E-state index in [2.05, 4.69) is 34.5 Å². The van der Waals surface area contributed by atoms with Gasteiger partial charge in [-0.2, -0.15) is 0 Å². The second-order valence-corrected chi connectivity index (χ2v) is 4.75. The third kappa shape index (κ3) is 4.53. The smallest absolute Gasteiger partial charge is 0.205 e. The third-order valence-corrected chi connectivity index (χ3v) is 2.63. The second kappa shape index (κ2) is 5.93. The summed E-state index contributed by atoms with van der Waals surface area (Å²) in [6.45, 7) is 4.11. The highest BCUT2D eigenvalue weighted by Gasteiger charge is 1.98. The maximum Gasteiger partial charge on any atom is 0.205 e. The van der Waals surface area contributed by atoms with E-state index in [1.54, 1.807) is 11.3 Å². The zero-order valence-corrected chi connectivity index (χ0v) is 9.89.